The maximum atomic E-state index is 4.69. The van der Waals surface area contributed by atoms with E-state index in [1.807, 2.05) is 11.8 Å². The van der Waals surface area contributed by atoms with E-state index in [0.717, 1.165) is 18.4 Å². The average Bonchev–Trinajstić information content (AvgIpc) is 2.64. The molecule has 2 nitrogen and oxygen atoms in total. The molecule has 1 aliphatic heterocycles. The maximum absolute atomic E-state index is 4.69. The Bertz CT molecular complexity index is 232. The molecule has 15 heavy (non-hydrogen) atoms. The molecule has 1 N–H and O–H groups in total. The minimum absolute atomic E-state index is 0.611. The van der Waals surface area contributed by atoms with Gasteiger partial charge in [-0.25, -0.2) is 0 Å². The number of thioether (sulfide) groups is 1. The second-order valence-electron chi connectivity index (χ2n) is 5.13. The molecule has 1 aliphatic carbocycles. The lowest BCUT2D eigenvalue weighted by molar-refractivity contribution is 0.296. The molecule has 0 aromatic rings. The van der Waals surface area contributed by atoms with E-state index in [4.69, 9.17) is 4.99 Å². The Labute approximate surface area is 97.3 Å². The highest BCUT2D eigenvalue weighted by molar-refractivity contribution is 8.14. The van der Waals surface area contributed by atoms with Crippen molar-refractivity contribution in [3.05, 3.63) is 0 Å². The van der Waals surface area contributed by atoms with Gasteiger partial charge in [0.1, 0.15) is 0 Å². The Morgan fingerprint density at radius 2 is 2.00 bits per heavy atom. The van der Waals surface area contributed by atoms with Crippen LogP contribution >= 0.6 is 11.8 Å². The minimum atomic E-state index is 0.611. The molecule has 1 saturated heterocycles. The molecule has 2 aliphatic rings. The minimum Gasteiger partial charge on any atom is -0.362 e. The van der Waals surface area contributed by atoms with Crippen molar-refractivity contribution in [2.45, 2.75) is 45.6 Å². The monoisotopic (exact) mass is 226 g/mol. The van der Waals surface area contributed by atoms with Gasteiger partial charge in [0.15, 0.2) is 5.17 Å². The van der Waals surface area contributed by atoms with Gasteiger partial charge in [-0.3, -0.25) is 4.99 Å². The van der Waals surface area contributed by atoms with Crippen molar-refractivity contribution in [1.29, 1.82) is 0 Å². The van der Waals surface area contributed by atoms with Crippen LogP contribution in [-0.4, -0.2) is 23.5 Å². The first-order valence-electron chi connectivity index (χ1n) is 6.18. The molecule has 2 fully saturated rings. The van der Waals surface area contributed by atoms with Crippen LogP contribution in [0.2, 0.25) is 0 Å². The van der Waals surface area contributed by atoms with Gasteiger partial charge in [-0.15, -0.1) is 0 Å². The number of rotatable bonds is 2. The highest BCUT2D eigenvalue weighted by Crippen LogP contribution is 2.28. The third-order valence-electron chi connectivity index (χ3n) is 3.47. The Kier molecular flexibility index (Phi) is 3.95. The van der Waals surface area contributed by atoms with E-state index >= 15 is 0 Å². The fourth-order valence-electron chi connectivity index (χ4n) is 2.31. The summed E-state index contributed by atoms with van der Waals surface area (Å²) in [4.78, 5) is 4.69. The zero-order valence-electron chi connectivity index (χ0n) is 9.83. The fraction of sp³-hybridized carbons (Fsp3) is 0.917. The molecule has 1 heterocycles. The second-order valence-corrected chi connectivity index (χ2v) is 6.14. The van der Waals surface area contributed by atoms with Crippen LogP contribution in [0.15, 0.2) is 4.99 Å². The highest BCUT2D eigenvalue weighted by atomic mass is 32.2. The number of hydrogen-bond donors (Lipinski definition) is 1. The topological polar surface area (TPSA) is 24.4 Å². The van der Waals surface area contributed by atoms with Gasteiger partial charge >= 0.3 is 0 Å². The predicted molar refractivity (Wildman–Crippen MR) is 68.5 cm³/mol. The van der Waals surface area contributed by atoms with Gasteiger partial charge < -0.3 is 5.32 Å². The van der Waals surface area contributed by atoms with Crippen molar-refractivity contribution in [3.8, 4) is 0 Å². The smallest absolute Gasteiger partial charge is 0.156 e. The van der Waals surface area contributed by atoms with Crippen molar-refractivity contribution in [2.24, 2.45) is 16.8 Å². The summed E-state index contributed by atoms with van der Waals surface area (Å²) in [5.41, 5.74) is 0. The molecule has 2 rings (SSSR count). The van der Waals surface area contributed by atoms with Gasteiger partial charge in [0.05, 0.1) is 0 Å². The zero-order chi connectivity index (χ0) is 10.7. The van der Waals surface area contributed by atoms with E-state index in [9.17, 15) is 0 Å². The molecular weight excluding hydrogens is 204 g/mol. The molecule has 3 heteroatoms. The van der Waals surface area contributed by atoms with E-state index in [0.29, 0.717) is 6.04 Å². The molecule has 0 amide bonds. The quantitative estimate of drug-likeness (QED) is 0.783. The molecule has 0 aromatic heterocycles. The lowest BCUT2D eigenvalue weighted by Gasteiger charge is -2.24. The van der Waals surface area contributed by atoms with Gasteiger partial charge in [0.2, 0.25) is 0 Å². The first-order valence-corrected chi connectivity index (χ1v) is 7.16. The van der Waals surface area contributed by atoms with Gasteiger partial charge in [-0.05, 0) is 31.6 Å². The predicted octanol–water partition coefficient (Wildman–Crippen LogP) is 2.89. The number of aliphatic imine (C=N–C) groups is 1. The number of hydrogen-bond acceptors (Lipinski definition) is 2. The van der Waals surface area contributed by atoms with Crippen LogP contribution in [0, 0.1) is 11.8 Å². The van der Waals surface area contributed by atoms with Crippen LogP contribution in [0.25, 0.3) is 0 Å². The van der Waals surface area contributed by atoms with Gasteiger partial charge in [0, 0.05) is 18.3 Å². The van der Waals surface area contributed by atoms with E-state index in [1.54, 1.807) is 0 Å². The Morgan fingerprint density at radius 1 is 1.27 bits per heavy atom. The third-order valence-corrected chi connectivity index (χ3v) is 4.66. The molecule has 0 aromatic carbocycles. The first kappa shape index (κ1) is 11.3. The zero-order valence-corrected chi connectivity index (χ0v) is 10.6. The van der Waals surface area contributed by atoms with Crippen LogP contribution in [0.5, 0.6) is 0 Å². The SMILES string of the molecule is CC1CCC(CN=C2NC(C)CS2)CC1. The third kappa shape index (κ3) is 3.40. The van der Waals surface area contributed by atoms with E-state index in [1.165, 1.54) is 36.6 Å². The summed E-state index contributed by atoms with van der Waals surface area (Å²) in [5.74, 6) is 2.99. The van der Waals surface area contributed by atoms with Crippen LogP contribution < -0.4 is 5.32 Å². The molecular formula is C12H22N2S. The second kappa shape index (κ2) is 5.24. The summed E-state index contributed by atoms with van der Waals surface area (Å²) in [5, 5.41) is 4.60. The molecule has 1 saturated carbocycles. The maximum Gasteiger partial charge on any atom is 0.156 e. The average molecular weight is 226 g/mol. The van der Waals surface area contributed by atoms with Crippen LogP contribution in [0.3, 0.4) is 0 Å². The Morgan fingerprint density at radius 3 is 2.60 bits per heavy atom. The molecule has 0 spiro atoms. The number of amidine groups is 1. The van der Waals surface area contributed by atoms with Gasteiger partial charge in [-0.2, -0.15) is 0 Å². The van der Waals surface area contributed by atoms with Crippen molar-refractivity contribution in [3.63, 3.8) is 0 Å². The molecule has 0 radical (unpaired) electrons. The number of nitrogens with one attached hydrogen (secondary N) is 1. The lowest BCUT2D eigenvalue weighted by Crippen LogP contribution is -2.24. The van der Waals surface area contributed by atoms with Crippen LogP contribution in [-0.2, 0) is 0 Å². The van der Waals surface area contributed by atoms with E-state index in [2.05, 4.69) is 19.2 Å². The summed E-state index contributed by atoms with van der Waals surface area (Å²) >= 11 is 1.88. The highest BCUT2D eigenvalue weighted by Gasteiger charge is 2.19. The summed E-state index contributed by atoms with van der Waals surface area (Å²) in [7, 11) is 0. The lowest BCUT2D eigenvalue weighted by atomic mass is 9.83. The fourth-order valence-corrected chi connectivity index (χ4v) is 3.25. The first-order chi connectivity index (χ1) is 7.24. The van der Waals surface area contributed by atoms with Gasteiger partial charge in [-0.1, -0.05) is 31.5 Å². The molecule has 0 bridgehead atoms. The Hall–Kier alpha value is -0.180. The van der Waals surface area contributed by atoms with Crippen molar-refractivity contribution < 1.29 is 0 Å². The molecule has 1 unspecified atom stereocenters. The van der Waals surface area contributed by atoms with Crippen molar-refractivity contribution in [2.75, 3.05) is 12.3 Å². The summed E-state index contributed by atoms with van der Waals surface area (Å²) in [6.45, 7) is 5.64. The summed E-state index contributed by atoms with van der Waals surface area (Å²) in [6, 6.07) is 0.611. The van der Waals surface area contributed by atoms with E-state index < -0.39 is 0 Å². The van der Waals surface area contributed by atoms with E-state index in [-0.39, 0.29) is 0 Å². The standard InChI is InChI=1S/C12H22N2S/c1-9-3-5-11(6-4-9)7-13-12-14-10(2)8-15-12/h9-11H,3-8H2,1-2H3,(H,13,14). The molecule has 86 valence electrons. The van der Waals surface area contributed by atoms with Gasteiger partial charge in [0.25, 0.3) is 0 Å². The molecule has 1 atom stereocenters. The van der Waals surface area contributed by atoms with Crippen molar-refractivity contribution >= 4 is 16.9 Å². The van der Waals surface area contributed by atoms with Crippen LogP contribution in [0.1, 0.15) is 39.5 Å². The van der Waals surface area contributed by atoms with Crippen molar-refractivity contribution in [1.82, 2.24) is 5.32 Å². The largest absolute Gasteiger partial charge is 0.362 e. The van der Waals surface area contributed by atoms with Crippen LogP contribution in [0.4, 0.5) is 0 Å². The number of nitrogens with zero attached hydrogens (tertiary/aromatic N) is 1. The Balaban J connectivity index is 1.73. The summed E-state index contributed by atoms with van der Waals surface area (Å²) in [6.07, 6.45) is 5.59. The summed E-state index contributed by atoms with van der Waals surface area (Å²) < 4.78 is 0. The normalized spacial score (nSPS) is 39.3.